The van der Waals surface area contributed by atoms with E-state index in [1.54, 1.807) is 27.7 Å². The molecule has 1 heterocycles. The Hall–Kier alpha value is -6.11. The summed E-state index contributed by atoms with van der Waals surface area (Å²) in [4.78, 5) is 152. The van der Waals surface area contributed by atoms with Gasteiger partial charge in [0.2, 0.25) is 65.0 Å². The fraction of sp³-hybridized carbons (Fsp3) is 0.788. The van der Waals surface area contributed by atoms with Gasteiger partial charge in [0.15, 0.2) is 0 Å². The van der Waals surface area contributed by atoms with E-state index in [1.807, 2.05) is 0 Å². The van der Waals surface area contributed by atoms with Crippen LogP contribution in [-0.2, 0) is 52.7 Å². The molecule has 23 N–H and O–H groups in total. The second kappa shape index (κ2) is 39.3. The maximum Gasteiger partial charge on any atom is 0.245 e. The molecule has 11 amide bonds. The first-order valence-corrected chi connectivity index (χ1v) is 28.4. The van der Waals surface area contributed by atoms with Crippen molar-refractivity contribution in [1.29, 1.82) is 0 Å². The Kier molecular flexibility index (Phi) is 35.4. The Morgan fingerprint density at radius 2 is 0.926 bits per heavy atom. The lowest BCUT2D eigenvalue weighted by Crippen LogP contribution is -2.62. The van der Waals surface area contributed by atoms with Crippen molar-refractivity contribution in [2.75, 3.05) is 45.9 Å². The Labute approximate surface area is 475 Å². The molecule has 0 aromatic carbocycles. The van der Waals surface area contributed by atoms with Crippen molar-refractivity contribution in [3.8, 4) is 0 Å². The minimum atomic E-state index is -1.69. The molecule has 81 heavy (non-hydrogen) atoms. The van der Waals surface area contributed by atoms with Crippen LogP contribution in [0.5, 0.6) is 0 Å². The SMILES string of the molecule is CC(C)CCCCCC(=O)N[C@@H](CCN)C(=O)N[C@H](C(=O)N[C@@H](CCN)C(=O)N[C@H]1CCNC(=O)[C@H](CO)NC(=O)[C@H](CCN)NC(=O)[C@H](CCN)NC(=O)[C@H](CC(C)C)NC(=O)[C@@H](CC(C)C)NC(=O)[C@H](CCN)NC1=O)[C@@H](C)O. The zero-order chi connectivity index (χ0) is 61.4. The first-order chi connectivity index (χ1) is 38.3. The topological polar surface area (TPSA) is 491 Å². The predicted molar refractivity (Wildman–Crippen MR) is 301 cm³/mol. The van der Waals surface area contributed by atoms with E-state index >= 15 is 0 Å². The van der Waals surface area contributed by atoms with Gasteiger partial charge in [-0.1, -0.05) is 60.8 Å². The summed E-state index contributed by atoms with van der Waals surface area (Å²) < 4.78 is 0. The summed E-state index contributed by atoms with van der Waals surface area (Å²) in [6.45, 7) is 10.5. The summed E-state index contributed by atoms with van der Waals surface area (Å²) in [5.74, 6) is -9.45. The van der Waals surface area contributed by atoms with Crippen LogP contribution in [0.4, 0.5) is 0 Å². The highest BCUT2D eigenvalue weighted by molar-refractivity contribution is 5.99. The molecule has 0 aliphatic carbocycles. The zero-order valence-corrected chi connectivity index (χ0v) is 48.5. The standard InChI is InChI=1S/C52H98N16O13/c1-28(2)11-9-8-10-12-41(71)59-32(13-19-53)49(78)68-42(31(7)70)52(81)64-36(17-23-57)45(74)63-37-18-24-58-43(72)40(27-69)67-47(76)35(16-22-56)60-44(73)33(14-20-54)62-50(79)38(25-29(3)4)66-51(80)39(26-30(5)6)65-46(75)34(15-21-55)61-48(37)77/h28-40,42,69-70H,8-27,53-57H2,1-7H3,(H,58,72)(H,59,71)(H,60,73)(H,61,77)(H,62,79)(H,63,74)(H,64,81)(H,65,75)(H,66,80)(H,67,76)(H,68,78)/t31-,32+,33+,34+,35+,36+,37+,38+,39-,40+,42+/m1/s1. The molecule has 0 aromatic heterocycles. The number of aliphatic hydroxyl groups excluding tert-OH is 2. The number of hydrogen-bond donors (Lipinski definition) is 18. The molecule has 0 unspecified atom stereocenters. The molecule has 1 saturated heterocycles. The van der Waals surface area contributed by atoms with E-state index < -0.39 is 151 Å². The van der Waals surface area contributed by atoms with Crippen LogP contribution < -0.4 is 87.2 Å². The maximum atomic E-state index is 14.4. The van der Waals surface area contributed by atoms with Crippen LogP contribution in [-0.4, -0.2) is 188 Å². The predicted octanol–water partition coefficient (Wildman–Crippen LogP) is -5.83. The number of carbonyl (C=O) groups is 11. The smallest absolute Gasteiger partial charge is 0.245 e. The third-order valence-electron chi connectivity index (χ3n) is 13.1. The highest BCUT2D eigenvalue weighted by Crippen LogP contribution is 2.13. The van der Waals surface area contributed by atoms with Crippen LogP contribution >= 0.6 is 0 Å². The third kappa shape index (κ3) is 27.9. The molecule has 1 aliphatic heterocycles. The molecular formula is C52H98N16O13. The van der Waals surface area contributed by atoms with Gasteiger partial charge in [-0.15, -0.1) is 0 Å². The minimum Gasteiger partial charge on any atom is -0.394 e. The van der Waals surface area contributed by atoms with Gasteiger partial charge in [-0.2, -0.15) is 0 Å². The Morgan fingerprint density at radius 3 is 1.35 bits per heavy atom. The number of nitrogens with one attached hydrogen (secondary N) is 11. The van der Waals surface area contributed by atoms with Crippen LogP contribution in [0.25, 0.3) is 0 Å². The van der Waals surface area contributed by atoms with Crippen LogP contribution in [0.3, 0.4) is 0 Å². The normalized spacial score (nSPS) is 22.8. The van der Waals surface area contributed by atoms with Gasteiger partial charge < -0.3 is 97.4 Å². The van der Waals surface area contributed by atoms with Crippen molar-refractivity contribution in [3.05, 3.63) is 0 Å². The number of aliphatic hydroxyl groups is 2. The number of nitrogens with two attached hydrogens (primary N) is 5. The lowest BCUT2D eigenvalue weighted by molar-refractivity contribution is -0.137. The molecule has 0 saturated carbocycles. The van der Waals surface area contributed by atoms with E-state index in [-0.39, 0.29) is 95.9 Å². The van der Waals surface area contributed by atoms with Crippen LogP contribution in [0.2, 0.25) is 0 Å². The van der Waals surface area contributed by atoms with Crippen molar-refractivity contribution in [2.45, 2.75) is 198 Å². The zero-order valence-electron chi connectivity index (χ0n) is 48.5. The van der Waals surface area contributed by atoms with E-state index in [9.17, 15) is 63.0 Å². The lowest BCUT2D eigenvalue weighted by atomic mass is 9.99. The molecule has 29 heteroatoms. The van der Waals surface area contributed by atoms with E-state index in [0.717, 1.165) is 19.3 Å². The highest BCUT2D eigenvalue weighted by Gasteiger charge is 2.37. The maximum absolute atomic E-state index is 14.4. The second-order valence-electron chi connectivity index (χ2n) is 21.7. The Morgan fingerprint density at radius 1 is 0.494 bits per heavy atom. The quantitative estimate of drug-likeness (QED) is 0.0310. The van der Waals surface area contributed by atoms with Gasteiger partial charge in [0.25, 0.3) is 0 Å². The largest absolute Gasteiger partial charge is 0.394 e. The first-order valence-electron chi connectivity index (χ1n) is 28.4. The number of hydrogen-bond acceptors (Lipinski definition) is 18. The second-order valence-corrected chi connectivity index (χ2v) is 21.7. The monoisotopic (exact) mass is 1150 g/mol. The summed E-state index contributed by atoms with van der Waals surface area (Å²) in [5.41, 5.74) is 29.2. The molecule has 0 spiro atoms. The molecule has 1 fully saturated rings. The van der Waals surface area contributed by atoms with Crippen molar-refractivity contribution in [1.82, 2.24) is 58.5 Å². The van der Waals surface area contributed by atoms with Gasteiger partial charge in [-0.05, 0) is 115 Å². The number of amides is 11. The van der Waals surface area contributed by atoms with Gasteiger partial charge in [0.05, 0.1) is 12.7 Å². The third-order valence-corrected chi connectivity index (χ3v) is 13.1. The Balaban J connectivity index is 3.76. The van der Waals surface area contributed by atoms with Crippen LogP contribution in [0.1, 0.15) is 132 Å². The molecule has 0 radical (unpaired) electrons. The molecule has 11 atom stereocenters. The van der Waals surface area contributed by atoms with E-state index in [4.69, 9.17) is 28.7 Å². The van der Waals surface area contributed by atoms with Crippen molar-refractivity contribution in [3.63, 3.8) is 0 Å². The summed E-state index contributed by atoms with van der Waals surface area (Å²) in [7, 11) is 0. The lowest BCUT2D eigenvalue weighted by Gasteiger charge is -2.29. The van der Waals surface area contributed by atoms with Crippen molar-refractivity contribution < 1.29 is 63.0 Å². The highest BCUT2D eigenvalue weighted by atomic mass is 16.3. The Bertz CT molecular complexity index is 2030. The van der Waals surface area contributed by atoms with Crippen molar-refractivity contribution in [2.24, 2.45) is 46.4 Å². The van der Waals surface area contributed by atoms with Gasteiger partial charge in [-0.25, -0.2) is 0 Å². The van der Waals surface area contributed by atoms with Gasteiger partial charge in [0, 0.05) is 13.0 Å². The summed E-state index contributed by atoms with van der Waals surface area (Å²) in [6.07, 6.45) is 0.840. The summed E-state index contributed by atoms with van der Waals surface area (Å²) in [5, 5.41) is 48.9. The van der Waals surface area contributed by atoms with Gasteiger partial charge in [-0.3, -0.25) is 52.7 Å². The summed E-state index contributed by atoms with van der Waals surface area (Å²) >= 11 is 0. The molecule has 1 rings (SSSR count). The molecular weight excluding hydrogens is 1060 g/mol. The average Bonchev–Trinajstić information content (AvgIpc) is 3.38. The number of unbranched alkanes of at least 4 members (excludes halogenated alkanes) is 2. The van der Waals surface area contributed by atoms with Crippen molar-refractivity contribution >= 4 is 65.0 Å². The summed E-state index contributed by atoms with van der Waals surface area (Å²) in [6, 6.07) is -14.4. The number of rotatable bonds is 29. The minimum absolute atomic E-state index is 0.0116. The van der Waals surface area contributed by atoms with Crippen LogP contribution in [0, 0.1) is 17.8 Å². The average molecular weight is 1160 g/mol. The molecule has 0 bridgehead atoms. The molecule has 29 nitrogen and oxygen atoms in total. The fourth-order valence-electron chi connectivity index (χ4n) is 8.62. The number of carbonyl (C=O) groups excluding carboxylic acids is 11. The van der Waals surface area contributed by atoms with Crippen LogP contribution in [0.15, 0.2) is 0 Å². The molecule has 464 valence electrons. The van der Waals surface area contributed by atoms with Gasteiger partial charge in [0.1, 0.15) is 60.4 Å². The molecule has 0 aromatic rings. The van der Waals surface area contributed by atoms with E-state index in [2.05, 4.69) is 72.3 Å². The van der Waals surface area contributed by atoms with E-state index in [0.29, 0.717) is 12.3 Å². The first kappa shape index (κ1) is 72.9. The fourth-order valence-corrected chi connectivity index (χ4v) is 8.62. The molecule has 1 aliphatic rings. The van der Waals surface area contributed by atoms with Gasteiger partial charge >= 0.3 is 0 Å². The van der Waals surface area contributed by atoms with E-state index in [1.165, 1.54) is 6.92 Å².